The number of carbonyl (C=O) groups is 1. The van der Waals surface area contributed by atoms with Crippen LogP contribution in [0.4, 0.5) is 0 Å². The molecule has 0 spiro atoms. The molecule has 0 aliphatic heterocycles. The van der Waals surface area contributed by atoms with E-state index in [2.05, 4.69) is 0 Å². The van der Waals surface area contributed by atoms with E-state index in [9.17, 15) is 20.1 Å². The normalized spacial score (nSPS) is 10.7. The number of phenolic OH excluding ortho intramolecular Hbond substituents is 3. The largest absolute Gasteiger partial charge is 0.507 e. The van der Waals surface area contributed by atoms with Gasteiger partial charge in [-0.2, -0.15) is 0 Å². The van der Waals surface area contributed by atoms with Crippen molar-refractivity contribution in [2.75, 3.05) is 13.7 Å². The average Bonchev–Trinajstić information content (AvgIpc) is 2.63. The zero-order valence-corrected chi connectivity index (χ0v) is 14.3. The number of methoxy groups -OCH3 is 1. The summed E-state index contributed by atoms with van der Waals surface area (Å²) in [6.45, 7) is 1.74. The second-order valence-electron chi connectivity index (χ2n) is 5.62. The fourth-order valence-electron chi connectivity index (χ4n) is 2.93. The zero-order chi connectivity index (χ0) is 18.8. The fourth-order valence-corrected chi connectivity index (χ4v) is 2.93. The SMILES string of the molecule is CCOC(=O)c1c(O)ccc(O)c1-c1c(O)ccc2cc(OC)ccc12. The van der Waals surface area contributed by atoms with Crippen molar-refractivity contribution in [3.63, 3.8) is 0 Å². The van der Waals surface area contributed by atoms with Gasteiger partial charge in [0, 0.05) is 11.1 Å². The first-order valence-electron chi connectivity index (χ1n) is 8.00. The maximum absolute atomic E-state index is 12.4. The summed E-state index contributed by atoms with van der Waals surface area (Å²) in [6.07, 6.45) is 0. The van der Waals surface area contributed by atoms with Crippen LogP contribution < -0.4 is 4.74 Å². The summed E-state index contributed by atoms with van der Waals surface area (Å²) in [5.41, 5.74) is 0.0313. The number of aromatic hydroxyl groups is 3. The van der Waals surface area contributed by atoms with E-state index in [1.807, 2.05) is 0 Å². The van der Waals surface area contributed by atoms with Gasteiger partial charge in [0.1, 0.15) is 28.6 Å². The molecular formula is C20H18O6. The van der Waals surface area contributed by atoms with Gasteiger partial charge >= 0.3 is 5.97 Å². The van der Waals surface area contributed by atoms with E-state index < -0.39 is 5.97 Å². The van der Waals surface area contributed by atoms with E-state index in [4.69, 9.17) is 9.47 Å². The van der Waals surface area contributed by atoms with E-state index in [0.29, 0.717) is 11.1 Å². The monoisotopic (exact) mass is 354 g/mol. The molecule has 134 valence electrons. The summed E-state index contributed by atoms with van der Waals surface area (Å²) >= 11 is 0. The lowest BCUT2D eigenvalue weighted by Gasteiger charge is -2.16. The molecule has 3 rings (SSSR count). The number of esters is 1. The van der Waals surface area contributed by atoms with Crippen LogP contribution in [0, 0.1) is 0 Å². The van der Waals surface area contributed by atoms with Crippen molar-refractivity contribution in [2.24, 2.45) is 0 Å². The molecule has 0 fully saturated rings. The number of benzene rings is 3. The van der Waals surface area contributed by atoms with E-state index >= 15 is 0 Å². The second kappa shape index (κ2) is 6.84. The first-order valence-corrected chi connectivity index (χ1v) is 8.00. The summed E-state index contributed by atoms with van der Waals surface area (Å²) in [6, 6.07) is 10.8. The van der Waals surface area contributed by atoms with Crippen LogP contribution in [0.1, 0.15) is 17.3 Å². The molecule has 0 heterocycles. The quantitative estimate of drug-likeness (QED) is 0.487. The summed E-state index contributed by atoms with van der Waals surface area (Å²) in [5.74, 6) is -0.916. The van der Waals surface area contributed by atoms with Crippen LogP contribution in [0.3, 0.4) is 0 Å². The highest BCUT2D eigenvalue weighted by Crippen LogP contribution is 2.45. The standard InChI is InChI=1S/C20H18O6/c1-3-26-20(24)19-16(23)9-8-15(22)18(19)17-13-6-5-12(25-2)10-11(13)4-7-14(17)21/h4-10,21-23H,3H2,1-2H3. The molecule has 0 saturated heterocycles. The lowest BCUT2D eigenvalue weighted by Crippen LogP contribution is -2.07. The number of hydrogen-bond acceptors (Lipinski definition) is 6. The summed E-state index contributed by atoms with van der Waals surface area (Å²) in [4.78, 5) is 12.4. The molecule has 0 aliphatic carbocycles. The van der Waals surface area contributed by atoms with Gasteiger partial charge in [-0.3, -0.25) is 0 Å². The Morgan fingerprint density at radius 3 is 2.27 bits per heavy atom. The minimum Gasteiger partial charge on any atom is -0.507 e. The van der Waals surface area contributed by atoms with E-state index in [0.717, 1.165) is 5.39 Å². The third kappa shape index (κ3) is 2.86. The van der Waals surface area contributed by atoms with Gasteiger partial charge in [0.05, 0.1) is 13.7 Å². The Kier molecular flexibility index (Phi) is 4.58. The smallest absolute Gasteiger partial charge is 0.342 e. The zero-order valence-electron chi connectivity index (χ0n) is 14.3. The molecule has 0 atom stereocenters. The van der Waals surface area contributed by atoms with Gasteiger partial charge in [-0.25, -0.2) is 4.79 Å². The van der Waals surface area contributed by atoms with Crippen molar-refractivity contribution in [3.8, 4) is 34.1 Å². The average molecular weight is 354 g/mol. The highest BCUT2D eigenvalue weighted by molar-refractivity contribution is 6.09. The predicted octanol–water partition coefficient (Wildman–Crippen LogP) is 3.81. The van der Waals surface area contributed by atoms with Gasteiger partial charge in [-0.05, 0) is 54.1 Å². The van der Waals surface area contributed by atoms with Gasteiger partial charge < -0.3 is 24.8 Å². The summed E-state index contributed by atoms with van der Waals surface area (Å²) < 4.78 is 10.2. The maximum Gasteiger partial charge on any atom is 0.342 e. The molecule has 0 saturated carbocycles. The minimum absolute atomic E-state index is 0.0108. The third-order valence-corrected chi connectivity index (χ3v) is 4.10. The molecule has 0 amide bonds. The van der Waals surface area contributed by atoms with E-state index in [1.54, 1.807) is 38.3 Å². The molecule has 3 N–H and O–H groups in total. The molecule has 3 aromatic carbocycles. The van der Waals surface area contributed by atoms with Gasteiger partial charge in [0.2, 0.25) is 0 Å². The highest BCUT2D eigenvalue weighted by atomic mass is 16.5. The number of fused-ring (bicyclic) bond motifs is 1. The number of carbonyl (C=O) groups excluding carboxylic acids is 1. The Bertz CT molecular complexity index is 993. The fraction of sp³-hybridized carbons (Fsp3) is 0.150. The van der Waals surface area contributed by atoms with Crippen LogP contribution in [0.15, 0.2) is 42.5 Å². The highest BCUT2D eigenvalue weighted by Gasteiger charge is 2.25. The molecular weight excluding hydrogens is 336 g/mol. The molecule has 0 radical (unpaired) electrons. The van der Waals surface area contributed by atoms with Gasteiger partial charge in [0.25, 0.3) is 0 Å². The molecule has 0 aliphatic rings. The van der Waals surface area contributed by atoms with Crippen molar-refractivity contribution >= 4 is 16.7 Å². The Labute approximate surface area is 149 Å². The summed E-state index contributed by atoms with van der Waals surface area (Å²) in [5, 5.41) is 32.4. The van der Waals surface area contributed by atoms with Crippen LogP contribution in [0.25, 0.3) is 21.9 Å². The maximum atomic E-state index is 12.4. The number of rotatable bonds is 4. The molecule has 0 bridgehead atoms. The van der Waals surface area contributed by atoms with Crippen LogP contribution in [-0.4, -0.2) is 35.0 Å². The minimum atomic E-state index is -0.791. The molecule has 3 aromatic rings. The van der Waals surface area contributed by atoms with Gasteiger partial charge in [-0.1, -0.05) is 6.07 Å². The Balaban J connectivity index is 2.38. The lowest BCUT2D eigenvalue weighted by molar-refractivity contribution is 0.0523. The summed E-state index contributed by atoms with van der Waals surface area (Å²) in [7, 11) is 1.54. The third-order valence-electron chi connectivity index (χ3n) is 4.10. The van der Waals surface area contributed by atoms with Crippen molar-refractivity contribution < 1.29 is 29.6 Å². The second-order valence-corrected chi connectivity index (χ2v) is 5.62. The van der Waals surface area contributed by atoms with Gasteiger partial charge in [-0.15, -0.1) is 0 Å². The lowest BCUT2D eigenvalue weighted by atomic mass is 9.92. The first kappa shape index (κ1) is 17.4. The molecule has 6 heteroatoms. The number of phenols is 3. The number of ether oxygens (including phenoxy) is 2. The Morgan fingerprint density at radius 1 is 0.923 bits per heavy atom. The molecule has 0 aromatic heterocycles. The van der Waals surface area contributed by atoms with Crippen LogP contribution in [-0.2, 0) is 4.74 Å². The van der Waals surface area contributed by atoms with Crippen molar-refractivity contribution in [3.05, 3.63) is 48.0 Å². The van der Waals surface area contributed by atoms with Crippen molar-refractivity contribution in [2.45, 2.75) is 6.92 Å². The van der Waals surface area contributed by atoms with Crippen molar-refractivity contribution in [1.82, 2.24) is 0 Å². The van der Waals surface area contributed by atoms with E-state index in [1.165, 1.54) is 18.2 Å². The van der Waals surface area contributed by atoms with Crippen LogP contribution >= 0.6 is 0 Å². The topological polar surface area (TPSA) is 96.2 Å². The Hall–Kier alpha value is -3.41. The predicted molar refractivity (Wildman–Crippen MR) is 96.9 cm³/mol. The van der Waals surface area contributed by atoms with Crippen LogP contribution in [0.2, 0.25) is 0 Å². The van der Waals surface area contributed by atoms with E-state index in [-0.39, 0.29) is 40.5 Å². The molecule has 0 unspecified atom stereocenters. The van der Waals surface area contributed by atoms with Gasteiger partial charge in [0.15, 0.2) is 0 Å². The molecule has 26 heavy (non-hydrogen) atoms. The number of hydrogen-bond donors (Lipinski definition) is 3. The first-order chi connectivity index (χ1) is 12.5. The van der Waals surface area contributed by atoms with Crippen LogP contribution in [0.5, 0.6) is 23.0 Å². The molecule has 6 nitrogen and oxygen atoms in total. The van der Waals surface area contributed by atoms with Crippen molar-refractivity contribution in [1.29, 1.82) is 0 Å². The Morgan fingerprint density at radius 2 is 1.58 bits per heavy atom.